The van der Waals surface area contributed by atoms with Crippen LogP contribution in [0.15, 0.2) is 74.8 Å². The number of pyridine rings is 1. The monoisotopic (exact) mass is 400 g/mol. The molecule has 0 bridgehead atoms. The molecule has 150 valence electrons. The van der Waals surface area contributed by atoms with Crippen LogP contribution in [-0.4, -0.2) is 10.5 Å². The first kappa shape index (κ1) is 19.4. The molecule has 6 heteroatoms. The Kier molecular flexibility index (Phi) is 4.83. The molecule has 4 aromatic rings. The van der Waals surface area contributed by atoms with E-state index >= 15 is 0 Å². The van der Waals surface area contributed by atoms with E-state index in [4.69, 9.17) is 4.42 Å². The van der Waals surface area contributed by atoms with E-state index < -0.39 is 5.91 Å². The average molecular weight is 400 g/mol. The molecule has 0 aliphatic heterocycles. The van der Waals surface area contributed by atoms with Crippen LogP contribution >= 0.6 is 0 Å². The number of para-hydroxylation sites is 1. The minimum absolute atomic E-state index is 0.187. The predicted molar refractivity (Wildman–Crippen MR) is 117 cm³/mol. The van der Waals surface area contributed by atoms with Gasteiger partial charge in [0.1, 0.15) is 11.4 Å². The highest BCUT2D eigenvalue weighted by molar-refractivity contribution is 6.11. The van der Waals surface area contributed by atoms with Crippen LogP contribution in [-0.2, 0) is 7.05 Å². The minimum Gasteiger partial charge on any atom is -0.455 e. The first-order valence-electron chi connectivity index (χ1n) is 9.48. The summed E-state index contributed by atoms with van der Waals surface area (Å²) < 4.78 is 7.48. The third-order valence-electron chi connectivity index (χ3n) is 5.14. The van der Waals surface area contributed by atoms with Gasteiger partial charge in [-0.2, -0.15) is 0 Å². The van der Waals surface area contributed by atoms with Crippen molar-refractivity contribution in [3.8, 4) is 11.3 Å². The molecule has 0 aliphatic rings. The zero-order valence-corrected chi connectivity index (χ0v) is 16.9. The maximum atomic E-state index is 13.1. The topological polar surface area (TPSA) is 81.3 Å². The van der Waals surface area contributed by atoms with Crippen LogP contribution in [0.25, 0.3) is 22.3 Å². The zero-order chi connectivity index (χ0) is 21.4. The number of hydrogen-bond donors (Lipinski definition) is 1. The fourth-order valence-corrected chi connectivity index (χ4v) is 3.41. The first-order chi connectivity index (χ1) is 14.4. The third-order valence-corrected chi connectivity index (χ3v) is 5.14. The molecule has 0 saturated carbocycles. The highest BCUT2D eigenvalue weighted by atomic mass is 16.3. The number of nitrogens with one attached hydrogen (secondary N) is 1. The lowest BCUT2D eigenvalue weighted by atomic mass is 10.0. The summed E-state index contributed by atoms with van der Waals surface area (Å²) in [5.41, 5.74) is 1.93. The van der Waals surface area contributed by atoms with Gasteiger partial charge in [-0.25, -0.2) is 0 Å². The van der Waals surface area contributed by atoms with E-state index in [2.05, 4.69) is 5.32 Å². The number of amides is 1. The molecule has 1 N–H and O–H groups in total. The minimum atomic E-state index is -0.516. The van der Waals surface area contributed by atoms with Crippen molar-refractivity contribution in [3.63, 3.8) is 0 Å². The SMILES string of the molecule is Cc1ccn(C)c(=O)c1NC(=O)c1cccc2c(=O)c(C)c(-c3ccccc3)oc12. The Morgan fingerprint density at radius 1 is 0.967 bits per heavy atom. The fraction of sp³-hybridized carbons (Fsp3) is 0.125. The van der Waals surface area contributed by atoms with Gasteiger partial charge in [0, 0.05) is 24.4 Å². The molecule has 0 aliphatic carbocycles. The lowest BCUT2D eigenvalue weighted by Gasteiger charge is -2.12. The Labute approximate surface area is 172 Å². The maximum Gasteiger partial charge on any atom is 0.274 e. The first-order valence-corrected chi connectivity index (χ1v) is 9.48. The van der Waals surface area contributed by atoms with Crippen LogP contribution in [0.5, 0.6) is 0 Å². The molecule has 0 atom stereocenters. The van der Waals surface area contributed by atoms with Crippen LogP contribution in [0.2, 0.25) is 0 Å². The molecule has 0 spiro atoms. The summed E-state index contributed by atoms with van der Waals surface area (Å²) in [5.74, 6) is -0.0989. The van der Waals surface area contributed by atoms with Crippen molar-refractivity contribution in [1.29, 1.82) is 0 Å². The van der Waals surface area contributed by atoms with Gasteiger partial charge in [-0.3, -0.25) is 14.4 Å². The van der Waals surface area contributed by atoms with Crippen LogP contribution in [0.3, 0.4) is 0 Å². The maximum absolute atomic E-state index is 13.1. The lowest BCUT2D eigenvalue weighted by Crippen LogP contribution is -2.25. The Morgan fingerprint density at radius 2 is 1.70 bits per heavy atom. The highest BCUT2D eigenvalue weighted by Gasteiger charge is 2.19. The summed E-state index contributed by atoms with van der Waals surface area (Å²) >= 11 is 0. The van der Waals surface area contributed by atoms with Gasteiger partial charge in [-0.1, -0.05) is 36.4 Å². The zero-order valence-electron chi connectivity index (χ0n) is 16.9. The Morgan fingerprint density at radius 3 is 2.43 bits per heavy atom. The van der Waals surface area contributed by atoms with Gasteiger partial charge in [-0.15, -0.1) is 0 Å². The Bertz CT molecular complexity index is 1400. The molecule has 0 saturated heterocycles. The molecule has 2 aromatic heterocycles. The van der Waals surface area contributed by atoms with Gasteiger partial charge in [0.05, 0.1) is 10.9 Å². The van der Waals surface area contributed by atoms with Gasteiger partial charge >= 0.3 is 0 Å². The van der Waals surface area contributed by atoms with Gasteiger partial charge in [0.25, 0.3) is 11.5 Å². The van der Waals surface area contributed by atoms with E-state index in [0.717, 1.165) is 5.56 Å². The molecular weight excluding hydrogens is 380 g/mol. The van der Waals surface area contributed by atoms with E-state index in [0.29, 0.717) is 22.3 Å². The number of carbonyl (C=O) groups is 1. The van der Waals surface area contributed by atoms with E-state index in [1.807, 2.05) is 30.3 Å². The van der Waals surface area contributed by atoms with Crippen LogP contribution in [0.4, 0.5) is 5.69 Å². The highest BCUT2D eigenvalue weighted by Crippen LogP contribution is 2.27. The molecule has 2 heterocycles. The quantitative estimate of drug-likeness (QED) is 0.563. The van der Waals surface area contributed by atoms with Gasteiger partial charge in [0.2, 0.25) is 0 Å². The number of hydrogen-bond acceptors (Lipinski definition) is 4. The van der Waals surface area contributed by atoms with Gasteiger partial charge in [-0.05, 0) is 37.6 Å². The molecule has 6 nitrogen and oxygen atoms in total. The van der Waals surface area contributed by atoms with Gasteiger partial charge in [0.15, 0.2) is 11.0 Å². The van der Waals surface area contributed by atoms with Crippen molar-refractivity contribution in [2.75, 3.05) is 5.32 Å². The Hall–Kier alpha value is -3.93. The number of anilines is 1. The summed E-state index contributed by atoms with van der Waals surface area (Å²) in [6.07, 6.45) is 1.64. The molecular formula is C24H20N2O4. The summed E-state index contributed by atoms with van der Waals surface area (Å²) in [4.78, 5) is 38.5. The van der Waals surface area contributed by atoms with Crippen molar-refractivity contribution in [2.24, 2.45) is 7.05 Å². The van der Waals surface area contributed by atoms with Crippen LogP contribution in [0.1, 0.15) is 21.5 Å². The standard InChI is InChI=1S/C24H20N2O4/c1-14-12-13-26(3)24(29)19(14)25-23(28)18-11-7-10-17-20(27)15(2)21(30-22(17)18)16-8-5-4-6-9-16/h4-13H,1-3H3,(H,25,28). The van der Waals surface area contributed by atoms with E-state index in [-0.39, 0.29) is 27.8 Å². The predicted octanol–water partition coefficient (Wildman–Crippen LogP) is 4.03. The second-order valence-corrected chi connectivity index (χ2v) is 7.18. The normalized spacial score (nSPS) is 10.9. The fourth-order valence-electron chi connectivity index (χ4n) is 3.41. The summed E-state index contributed by atoms with van der Waals surface area (Å²) in [6.45, 7) is 3.45. The number of nitrogens with zero attached hydrogens (tertiary/aromatic N) is 1. The Balaban J connectivity index is 1.89. The smallest absolute Gasteiger partial charge is 0.274 e. The number of aryl methyl sites for hydroxylation is 2. The van der Waals surface area contributed by atoms with Crippen molar-refractivity contribution < 1.29 is 9.21 Å². The molecule has 2 aromatic carbocycles. The summed E-state index contributed by atoms with van der Waals surface area (Å²) in [5, 5.41) is 3.00. The molecule has 0 unspecified atom stereocenters. The second-order valence-electron chi connectivity index (χ2n) is 7.18. The van der Waals surface area contributed by atoms with E-state index in [1.54, 1.807) is 51.4 Å². The second kappa shape index (κ2) is 7.48. The van der Waals surface area contributed by atoms with E-state index in [9.17, 15) is 14.4 Å². The molecule has 1 amide bonds. The number of aromatic nitrogens is 1. The lowest BCUT2D eigenvalue weighted by molar-refractivity contribution is 0.102. The van der Waals surface area contributed by atoms with Crippen LogP contribution < -0.4 is 16.3 Å². The molecule has 0 fully saturated rings. The summed E-state index contributed by atoms with van der Waals surface area (Å²) in [7, 11) is 1.61. The number of rotatable bonds is 3. The number of fused-ring (bicyclic) bond motifs is 1. The third kappa shape index (κ3) is 3.22. The molecule has 30 heavy (non-hydrogen) atoms. The van der Waals surface area contributed by atoms with Crippen molar-refractivity contribution in [2.45, 2.75) is 13.8 Å². The average Bonchev–Trinajstić information content (AvgIpc) is 2.76. The molecule has 4 rings (SSSR count). The van der Waals surface area contributed by atoms with Gasteiger partial charge < -0.3 is 14.3 Å². The summed E-state index contributed by atoms with van der Waals surface area (Å²) in [6, 6.07) is 15.9. The number of benzene rings is 2. The van der Waals surface area contributed by atoms with Crippen molar-refractivity contribution in [3.05, 3.63) is 98.1 Å². The van der Waals surface area contributed by atoms with Crippen molar-refractivity contribution in [1.82, 2.24) is 4.57 Å². The van der Waals surface area contributed by atoms with E-state index in [1.165, 1.54) is 4.57 Å². The number of carbonyl (C=O) groups excluding carboxylic acids is 1. The largest absolute Gasteiger partial charge is 0.455 e. The van der Waals surface area contributed by atoms with Crippen LogP contribution in [0, 0.1) is 13.8 Å². The molecule has 0 radical (unpaired) electrons. The van der Waals surface area contributed by atoms with Crippen molar-refractivity contribution >= 4 is 22.6 Å².